The summed E-state index contributed by atoms with van der Waals surface area (Å²) in [4.78, 5) is 39.2. The van der Waals surface area contributed by atoms with Gasteiger partial charge in [-0.15, -0.1) is 11.8 Å². The first-order valence-electron chi connectivity index (χ1n) is 12.1. The van der Waals surface area contributed by atoms with Crippen molar-refractivity contribution in [3.8, 4) is 0 Å². The van der Waals surface area contributed by atoms with Crippen LogP contribution in [0.1, 0.15) is 62.8 Å². The third-order valence-corrected chi connectivity index (χ3v) is 6.64. The minimum absolute atomic E-state index is 0.0324. The summed E-state index contributed by atoms with van der Waals surface area (Å²) in [5.41, 5.74) is 0. The molecule has 0 saturated heterocycles. The Morgan fingerprint density at radius 2 is 1.80 bits per heavy atom. The number of fused-ring (bicyclic) bond motifs is 1. The number of Topliss-reactive ketones (excluding diaryl/α,β-unsaturated/α-hetero) is 1. The number of carbonyl (C=O) groups is 3. The predicted molar refractivity (Wildman–Crippen MR) is 138 cm³/mol. The summed E-state index contributed by atoms with van der Waals surface area (Å²) in [7, 11) is 0. The van der Waals surface area contributed by atoms with E-state index in [0.717, 1.165) is 24.0 Å². The summed E-state index contributed by atoms with van der Waals surface area (Å²) < 4.78 is 10.8. The molecule has 2 aromatic heterocycles. The number of nitrogens with one attached hydrogen (secondary N) is 2. The molecule has 7 nitrogen and oxygen atoms in total. The zero-order chi connectivity index (χ0) is 25.2. The lowest BCUT2D eigenvalue weighted by molar-refractivity contribution is -0.128. The van der Waals surface area contributed by atoms with Crippen molar-refractivity contribution >= 4 is 40.1 Å². The lowest BCUT2D eigenvalue weighted by atomic mass is 10.0. The summed E-state index contributed by atoms with van der Waals surface area (Å²) in [6.45, 7) is 6.02. The number of ketones is 1. The Morgan fingerprint density at radius 1 is 1.00 bits per heavy atom. The molecule has 0 spiro atoms. The average Bonchev–Trinajstić information content (AvgIpc) is 3.50. The van der Waals surface area contributed by atoms with Crippen LogP contribution in [0.2, 0.25) is 0 Å². The molecule has 0 radical (unpaired) electrons. The van der Waals surface area contributed by atoms with Crippen molar-refractivity contribution in [2.45, 2.75) is 64.3 Å². The minimum Gasteiger partial charge on any atom is -0.468 e. The third-order valence-electron chi connectivity index (χ3n) is 5.66. The lowest BCUT2D eigenvalue weighted by Gasteiger charge is -2.24. The smallest absolute Gasteiger partial charge is 0.288 e. The Kier molecular flexibility index (Phi) is 10.0. The van der Waals surface area contributed by atoms with Gasteiger partial charge in [0.15, 0.2) is 11.5 Å². The number of hydrogen-bond acceptors (Lipinski definition) is 6. The minimum atomic E-state index is -0.779. The molecule has 8 heteroatoms. The van der Waals surface area contributed by atoms with Crippen LogP contribution in [0.15, 0.2) is 57.8 Å². The molecule has 0 aliphatic rings. The number of unbranched alkanes of at least 4 members (excludes halogenated alkanes) is 1. The molecule has 0 fully saturated rings. The van der Waals surface area contributed by atoms with Gasteiger partial charge in [-0.05, 0) is 30.9 Å². The molecule has 2 atom stereocenters. The average molecular weight is 499 g/mol. The summed E-state index contributed by atoms with van der Waals surface area (Å²) in [5, 5.41) is 7.26. The van der Waals surface area contributed by atoms with Crippen LogP contribution in [-0.4, -0.2) is 35.4 Å². The molecular formula is C27H34N2O5S. The topological polar surface area (TPSA) is 102 Å². The Labute approximate surface area is 210 Å². The fraction of sp³-hybridized carbons (Fsp3) is 0.444. The van der Waals surface area contributed by atoms with Gasteiger partial charge < -0.3 is 19.5 Å². The van der Waals surface area contributed by atoms with Gasteiger partial charge in [0.2, 0.25) is 5.91 Å². The Morgan fingerprint density at radius 3 is 2.51 bits per heavy atom. The van der Waals surface area contributed by atoms with Crippen LogP contribution in [0.3, 0.4) is 0 Å². The Balaban J connectivity index is 1.66. The summed E-state index contributed by atoms with van der Waals surface area (Å²) in [6.07, 6.45) is 5.88. The number of hydrogen-bond donors (Lipinski definition) is 2. The first kappa shape index (κ1) is 26.6. The van der Waals surface area contributed by atoms with Crippen molar-refractivity contribution in [2.24, 2.45) is 5.92 Å². The molecule has 0 saturated carbocycles. The highest BCUT2D eigenvalue weighted by Crippen LogP contribution is 2.21. The van der Waals surface area contributed by atoms with Gasteiger partial charge >= 0.3 is 0 Å². The number of carbonyl (C=O) groups excluding carboxylic acids is 3. The predicted octanol–water partition coefficient (Wildman–Crippen LogP) is 5.35. The second-order valence-electron chi connectivity index (χ2n) is 9.05. The van der Waals surface area contributed by atoms with E-state index in [4.69, 9.17) is 8.83 Å². The van der Waals surface area contributed by atoms with E-state index >= 15 is 0 Å². The molecule has 35 heavy (non-hydrogen) atoms. The van der Waals surface area contributed by atoms with Crippen LogP contribution in [-0.2, 0) is 15.3 Å². The van der Waals surface area contributed by atoms with E-state index in [0.29, 0.717) is 24.0 Å². The monoisotopic (exact) mass is 498 g/mol. The molecule has 3 aromatic rings. The van der Waals surface area contributed by atoms with Crippen LogP contribution in [0.25, 0.3) is 10.8 Å². The Bertz CT molecular complexity index is 1110. The number of furan rings is 2. The lowest BCUT2D eigenvalue weighted by Crippen LogP contribution is -2.52. The van der Waals surface area contributed by atoms with Crippen LogP contribution in [0.5, 0.6) is 0 Å². The van der Waals surface area contributed by atoms with Crippen LogP contribution in [0, 0.1) is 5.92 Å². The molecule has 0 bridgehead atoms. The highest BCUT2D eigenvalue weighted by Gasteiger charge is 2.28. The van der Waals surface area contributed by atoms with E-state index in [2.05, 4.69) is 10.6 Å². The molecule has 3 rings (SSSR count). The number of rotatable bonds is 14. The molecule has 1 aromatic carbocycles. The third kappa shape index (κ3) is 7.75. The highest BCUT2D eigenvalue weighted by molar-refractivity contribution is 7.99. The largest absolute Gasteiger partial charge is 0.468 e. The van der Waals surface area contributed by atoms with Gasteiger partial charge in [-0.2, -0.15) is 0 Å². The molecule has 2 N–H and O–H groups in total. The van der Waals surface area contributed by atoms with Crippen LogP contribution >= 0.6 is 11.8 Å². The first-order chi connectivity index (χ1) is 16.9. The molecule has 2 amide bonds. The number of benzene rings is 1. The van der Waals surface area contributed by atoms with Gasteiger partial charge in [0.1, 0.15) is 11.8 Å². The van der Waals surface area contributed by atoms with Gasteiger partial charge in [-0.3, -0.25) is 14.4 Å². The van der Waals surface area contributed by atoms with E-state index in [1.54, 1.807) is 6.26 Å². The highest BCUT2D eigenvalue weighted by atomic mass is 32.2. The molecule has 0 aliphatic heterocycles. The molecule has 188 valence electrons. The molecule has 0 aliphatic carbocycles. The van der Waals surface area contributed by atoms with Gasteiger partial charge in [0.05, 0.1) is 30.1 Å². The van der Waals surface area contributed by atoms with Crippen molar-refractivity contribution in [1.29, 1.82) is 0 Å². The fourth-order valence-electron chi connectivity index (χ4n) is 3.84. The summed E-state index contributed by atoms with van der Waals surface area (Å²) in [6, 6.07) is 9.69. The Hall–Kier alpha value is -3.00. The molecule has 2 unspecified atom stereocenters. The van der Waals surface area contributed by atoms with E-state index in [9.17, 15) is 14.4 Å². The summed E-state index contributed by atoms with van der Waals surface area (Å²) >= 11 is 1.46. The van der Waals surface area contributed by atoms with Crippen molar-refractivity contribution < 1.29 is 23.2 Å². The molecular weight excluding hydrogens is 464 g/mol. The van der Waals surface area contributed by atoms with Gasteiger partial charge in [-0.25, -0.2) is 0 Å². The summed E-state index contributed by atoms with van der Waals surface area (Å²) in [5.74, 6) is 1.18. The van der Waals surface area contributed by atoms with E-state index in [1.807, 2.05) is 57.2 Å². The standard InChI is InChI=1S/C27H34N2O5S/c1-4-5-12-22(24(30)17-35-16-20-10-8-13-33-20)28-26(31)23(14-18(2)3)29-27(32)25-21-11-7-6-9-19(21)15-34-25/h6-11,13,15,18,22-23H,4-5,12,14,16-17H2,1-3H3,(H,28,31)(H,29,32). The maximum absolute atomic E-state index is 13.3. The van der Waals surface area contributed by atoms with Crippen LogP contribution < -0.4 is 10.6 Å². The van der Waals surface area contributed by atoms with E-state index in [-0.39, 0.29) is 29.1 Å². The maximum atomic E-state index is 13.3. The molecule has 2 heterocycles. The van der Waals surface area contributed by atoms with Gasteiger partial charge in [-0.1, -0.05) is 57.9 Å². The van der Waals surface area contributed by atoms with Gasteiger partial charge in [0, 0.05) is 10.8 Å². The fourth-order valence-corrected chi connectivity index (χ4v) is 4.71. The van der Waals surface area contributed by atoms with Crippen molar-refractivity contribution in [1.82, 2.24) is 10.6 Å². The zero-order valence-electron chi connectivity index (χ0n) is 20.5. The quantitative estimate of drug-likeness (QED) is 0.311. The number of thioether (sulfide) groups is 1. The van der Waals surface area contributed by atoms with Crippen molar-refractivity contribution in [3.05, 3.63) is 60.4 Å². The van der Waals surface area contributed by atoms with Crippen molar-refractivity contribution in [3.63, 3.8) is 0 Å². The van der Waals surface area contributed by atoms with Crippen LogP contribution in [0.4, 0.5) is 0 Å². The first-order valence-corrected chi connectivity index (χ1v) is 13.2. The number of amides is 2. The van der Waals surface area contributed by atoms with E-state index in [1.165, 1.54) is 18.0 Å². The SMILES string of the molecule is CCCCC(NC(=O)C(CC(C)C)NC(=O)c1occ2ccccc12)C(=O)CSCc1ccco1. The zero-order valence-corrected chi connectivity index (χ0v) is 21.4. The normalized spacial score (nSPS) is 13.0. The van der Waals surface area contributed by atoms with Gasteiger partial charge in [0.25, 0.3) is 5.91 Å². The second-order valence-corrected chi connectivity index (χ2v) is 10.0. The van der Waals surface area contributed by atoms with Crippen molar-refractivity contribution in [2.75, 3.05) is 5.75 Å². The van der Waals surface area contributed by atoms with E-state index < -0.39 is 18.0 Å². The maximum Gasteiger partial charge on any atom is 0.288 e. The second kappa shape index (κ2) is 13.2.